The van der Waals surface area contributed by atoms with Crippen LogP contribution < -0.4 is 0 Å². The van der Waals surface area contributed by atoms with Gasteiger partial charge in [0.1, 0.15) is 11.5 Å². The highest BCUT2D eigenvalue weighted by Crippen LogP contribution is 2.76. The number of hydrogen-bond acceptors (Lipinski definition) is 7. The number of aliphatic hydroxyl groups excluding tert-OH is 2. The molecule has 4 saturated carbocycles. The van der Waals surface area contributed by atoms with Gasteiger partial charge in [-0.05, 0) is 110 Å². The van der Waals surface area contributed by atoms with E-state index in [0.29, 0.717) is 36.9 Å². The standard InChI is InChI=1S/C41H62O7/c1-11-25-19-26(47-23-25)18-24(2)34(44)48-33-22-41(35(45)46-10)28(20-36(33,3)4)27-12-13-30-38(7)16-15-31(42)37(5,6)29(38)14-17-39(30,8)40(27,9)21-32(41)43/h11-12,18,26,28-33,42-43H,13-17,19-23H2,1-10H3/b24-18+,25-11-/t26?,28-,29-,30+,31-,32+,33-,38-,39+,40+,41+/m0/s1. The maximum Gasteiger partial charge on any atom is 0.333 e. The molecule has 5 fully saturated rings. The highest BCUT2D eigenvalue weighted by Gasteiger charge is 2.72. The van der Waals surface area contributed by atoms with Gasteiger partial charge in [-0.25, -0.2) is 4.79 Å². The van der Waals surface area contributed by atoms with Gasteiger partial charge in [0, 0.05) is 23.8 Å². The molecule has 0 aromatic carbocycles. The summed E-state index contributed by atoms with van der Waals surface area (Å²) in [7, 11) is 1.41. The molecule has 0 bridgehead atoms. The van der Waals surface area contributed by atoms with Crippen LogP contribution in [-0.2, 0) is 23.8 Å². The van der Waals surface area contributed by atoms with Gasteiger partial charge < -0.3 is 24.4 Å². The number of carbonyl (C=O) groups excluding carboxylic acids is 2. The Hall–Kier alpha value is -1.96. The first-order valence-corrected chi connectivity index (χ1v) is 18.6. The Balaban J connectivity index is 1.34. The summed E-state index contributed by atoms with van der Waals surface area (Å²) in [4.78, 5) is 27.6. The monoisotopic (exact) mass is 666 g/mol. The van der Waals surface area contributed by atoms with Crippen molar-refractivity contribution >= 4 is 11.9 Å². The molecule has 7 nitrogen and oxygen atoms in total. The molecule has 6 rings (SSSR count). The summed E-state index contributed by atoms with van der Waals surface area (Å²) in [5.41, 5.74) is 0.924. The topological polar surface area (TPSA) is 102 Å². The second kappa shape index (κ2) is 11.8. The molecule has 7 heteroatoms. The number of carbonyl (C=O) groups is 2. The van der Waals surface area contributed by atoms with Crippen molar-refractivity contribution in [2.75, 3.05) is 13.7 Å². The zero-order chi connectivity index (χ0) is 35.2. The largest absolute Gasteiger partial charge is 0.468 e. The van der Waals surface area contributed by atoms with E-state index < -0.39 is 35.0 Å². The van der Waals surface area contributed by atoms with Crippen molar-refractivity contribution in [2.24, 2.45) is 50.2 Å². The number of rotatable bonds is 4. The van der Waals surface area contributed by atoms with Crippen molar-refractivity contribution in [1.29, 1.82) is 0 Å². The lowest BCUT2D eigenvalue weighted by Crippen LogP contribution is -2.68. The van der Waals surface area contributed by atoms with Gasteiger partial charge in [-0.2, -0.15) is 0 Å². The van der Waals surface area contributed by atoms with Crippen molar-refractivity contribution in [2.45, 2.75) is 145 Å². The fraction of sp³-hybridized carbons (Fsp3) is 0.805. The predicted molar refractivity (Wildman–Crippen MR) is 186 cm³/mol. The molecule has 0 aromatic rings. The van der Waals surface area contributed by atoms with Gasteiger partial charge in [0.25, 0.3) is 0 Å². The van der Waals surface area contributed by atoms with Crippen molar-refractivity contribution < 1.29 is 34.0 Å². The van der Waals surface area contributed by atoms with Crippen LogP contribution in [-0.4, -0.2) is 60.3 Å². The van der Waals surface area contributed by atoms with Crippen LogP contribution in [0.3, 0.4) is 0 Å². The zero-order valence-corrected chi connectivity index (χ0v) is 31.3. The number of methoxy groups -OCH3 is 1. The van der Waals surface area contributed by atoms with Gasteiger partial charge in [0.05, 0.1) is 32.0 Å². The molecular formula is C41H62O7. The molecule has 1 unspecified atom stereocenters. The van der Waals surface area contributed by atoms with Crippen molar-refractivity contribution in [1.82, 2.24) is 0 Å². The SMILES string of the molecule is C/C=C1\COC(/C=C(\C)C(=O)O[C@H]2C[C@]3(C(=O)OC)[C@H](O)C[C@]4(C)C(=CC[C@@H]5[C@@]6(C)CC[C@H](O)C(C)(C)[C@@H]6CC[C@]54C)[C@@H]3CC2(C)C)C1. The zero-order valence-electron chi connectivity index (χ0n) is 31.3. The van der Waals surface area contributed by atoms with E-state index in [1.54, 1.807) is 6.92 Å². The lowest BCUT2D eigenvalue weighted by molar-refractivity contribution is -0.228. The number of allylic oxidation sites excluding steroid dienone is 3. The van der Waals surface area contributed by atoms with Gasteiger partial charge in [-0.15, -0.1) is 0 Å². The molecule has 1 saturated heterocycles. The first-order chi connectivity index (χ1) is 22.3. The Morgan fingerprint density at radius 3 is 2.31 bits per heavy atom. The molecule has 0 radical (unpaired) electrons. The normalized spacial score (nSPS) is 47.2. The van der Waals surface area contributed by atoms with Crippen molar-refractivity contribution in [3.63, 3.8) is 0 Å². The second-order valence-corrected chi connectivity index (χ2v) is 18.6. The Kier molecular flexibility index (Phi) is 8.81. The maximum absolute atomic E-state index is 14.1. The third kappa shape index (κ3) is 4.98. The van der Waals surface area contributed by atoms with Gasteiger partial charge >= 0.3 is 11.9 Å². The van der Waals surface area contributed by atoms with E-state index in [1.165, 1.54) is 18.3 Å². The highest BCUT2D eigenvalue weighted by molar-refractivity contribution is 5.88. The molecule has 11 atom stereocenters. The molecule has 48 heavy (non-hydrogen) atoms. The van der Waals surface area contributed by atoms with Crippen LogP contribution >= 0.6 is 0 Å². The minimum absolute atomic E-state index is 0.0749. The Morgan fingerprint density at radius 1 is 0.958 bits per heavy atom. The van der Waals surface area contributed by atoms with E-state index in [-0.39, 0.29) is 46.2 Å². The number of aliphatic hydroxyl groups is 2. The van der Waals surface area contributed by atoms with Crippen LogP contribution in [0.5, 0.6) is 0 Å². The number of hydrogen-bond donors (Lipinski definition) is 2. The second-order valence-electron chi connectivity index (χ2n) is 18.6. The van der Waals surface area contributed by atoms with E-state index in [2.05, 4.69) is 60.6 Å². The van der Waals surface area contributed by atoms with Gasteiger partial charge in [0.2, 0.25) is 0 Å². The molecule has 0 spiro atoms. The third-order valence-corrected chi connectivity index (χ3v) is 15.7. The molecule has 0 aromatic heterocycles. The van der Waals surface area contributed by atoms with E-state index in [9.17, 15) is 19.8 Å². The summed E-state index contributed by atoms with van der Waals surface area (Å²) < 4.78 is 17.7. The number of esters is 2. The van der Waals surface area contributed by atoms with Crippen LogP contribution in [0.1, 0.15) is 120 Å². The summed E-state index contributed by atoms with van der Waals surface area (Å²) in [5, 5.41) is 23.5. The number of ether oxygens (including phenoxy) is 3. The van der Waals surface area contributed by atoms with E-state index >= 15 is 0 Å². The predicted octanol–water partition coefficient (Wildman–Crippen LogP) is 7.50. The van der Waals surface area contributed by atoms with Gasteiger partial charge in [-0.3, -0.25) is 4.79 Å². The average Bonchev–Trinajstić information content (AvgIpc) is 3.47. The Labute approximate surface area is 288 Å². The molecule has 0 amide bonds. The van der Waals surface area contributed by atoms with Crippen LogP contribution in [0, 0.1) is 50.2 Å². The summed E-state index contributed by atoms with van der Waals surface area (Å²) >= 11 is 0. The van der Waals surface area contributed by atoms with E-state index in [1.807, 2.05) is 13.0 Å². The van der Waals surface area contributed by atoms with Crippen LogP contribution in [0.15, 0.2) is 34.9 Å². The molecule has 5 aliphatic carbocycles. The quantitative estimate of drug-likeness (QED) is 0.182. The van der Waals surface area contributed by atoms with Crippen molar-refractivity contribution in [3.05, 3.63) is 34.9 Å². The van der Waals surface area contributed by atoms with Crippen molar-refractivity contribution in [3.8, 4) is 0 Å². The smallest absolute Gasteiger partial charge is 0.333 e. The fourth-order valence-electron chi connectivity index (χ4n) is 12.5. The molecule has 2 N–H and O–H groups in total. The number of fused-ring (bicyclic) bond motifs is 7. The third-order valence-electron chi connectivity index (χ3n) is 15.7. The Bertz CT molecular complexity index is 1420. The van der Waals surface area contributed by atoms with Crippen LogP contribution in [0.2, 0.25) is 0 Å². The van der Waals surface area contributed by atoms with Crippen LogP contribution in [0.25, 0.3) is 0 Å². The minimum Gasteiger partial charge on any atom is -0.468 e. The van der Waals surface area contributed by atoms with Gasteiger partial charge in [-0.1, -0.05) is 66.2 Å². The molecule has 1 aliphatic heterocycles. The summed E-state index contributed by atoms with van der Waals surface area (Å²) in [6.45, 7) is 20.4. The molecule has 1 heterocycles. The molecule has 6 aliphatic rings. The summed E-state index contributed by atoms with van der Waals surface area (Å²) in [5.74, 6) is -0.192. The summed E-state index contributed by atoms with van der Waals surface area (Å²) in [6, 6.07) is 0. The molecular weight excluding hydrogens is 604 g/mol. The first-order valence-electron chi connectivity index (χ1n) is 18.6. The Morgan fingerprint density at radius 2 is 1.67 bits per heavy atom. The molecule has 268 valence electrons. The van der Waals surface area contributed by atoms with Gasteiger partial charge in [0.15, 0.2) is 0 Å². The highest BCUT2D eigenvalue weighted by atomic mass is 16.5. The maximum atomic E-state index is 14.1. The minimum atomic E-state index is -1.20. The average molecular weight is 667 g/mol. The fourth-order valence-corrected chi connectivity index (χ4v) is 12.5. The van der Waals surface area contributed by atoms with Crippen LogP contribution in [0.4, 0.5) is 0 Å². The first kappa shape index (κ1) is 35.9. The lowest BCUT2D eigenvalue weighted by Gasteiger charge is -2.71. The van der Waals surface area contributed by atoms with E-state index in [4.69, 9.17) is 14.2 Å². The lowest BCUT2D eigenvalue weighted by atomic mass is 9.33. The van der Waals surface area contributed by atoms with E-state index in [0.717, 1.165) is 38.5 Å². The summed E-state index contributed by atoms with van der Waals surface area (Å²) in [6.07, 6.45) is 11.3.